The quantitative estimate of drug-likeness (QED) is 0.533. The highest BCUT2D eigenvalue weighted by Gasteiger charge is 2.19. The van der Waals surface area contributed by atoms with Crippen molar-refractivity contribution in [1.82, 2.24) is 0 Å². The van der Waals surface area contributed by atoms with Crippen molar-refractivity contribution in [2.24, 2.45) is 0 Å². The molecule has 0 fully saturated rings. The van der Waals surface area contributed by atoms with E-state index in [2.05, 4.69) is 15.9 Å². The molecular formula is C12H8BrCl3S. The van der Waals surface area contributed by atoms with E-state index in [0.29, 0.717) is 8.67 Å². The minimum absolute atomic E-state index is 0.291. The largest absolute Gasteiger partial charge is 0.112 e. The van der Waals surface area contributed by atoms with Gasteiger partial charge in [-0.1, -0.05) is 57.3 Å². The third kappa shape index (κ3) is 2.82. The molecule has 1 aromatic carbocycles. The number of alkyl halides is 1. The number of benzene rings is 1. The number of hydrogen-bond acceptors (Lipinski definition) is 1. The van der Waals surface area contributed by atoms with Crippen LogP contribution in [0.5, 0.6) is 0 Å². The molecule has 0 N–H and O–H groups in total. The molecule has 0 aliphatic rings. The monoisotopic (exact) mass is 368 g/mol. The molecule has 0 nitrogen and oxygen atoms in total. The van der Waals surface area contributed by atoms with E-state index in [1.165, 1.54) is 11.3 Å². The Morgan fingerprint density at radius 3 is 2.53 bits per heavy atom. The van der Waals surface area contributed by atoms with Crippen LogP contribution in [-0.2, 0) is 0 Å². The molecule has 90 valence electrons. The maximum Gasteiger partial charge on any atom is 0.0994 e. The van der Waals surface area contributed by atoms with Gasteiger partial charge in [0.25, 0.3) is 0 Å². The molecule has 1 unspecified atom stereocenters. The third-order valence-electron chi connectivity index (χ3n) is 2.45. The van der Waals surface area contributed by atoms with Crippen LogP contribution in [0.2, 0.25) is 8.67 Å². The predicted molar refractivity (Wildman–Crippen MR) is 80.9 cm³/mol. The van der Waals surface area contributed by atoms with Gasteiger partial charge in [-0.2, -0.15) is 0 Å². The normalized spacial score (nSPS) is 12.8. The summed E-state index contributed by atoms with van der Waals surface area (Å²) in [5.41, 5.74) is 3.00. The Kier molecular flexibility index (Phi) is 4.43. The second-order valence-electron chi connectivity index (χ2n) is 3.62. The zero-order valence-electron chi connectivity index (χ0n) is 8.81. The molecule has 0 aliphatic heterocycles. The first-order valence-corrected chi connectivity index (χ1v) is 7.64. The van der Waals surface area contributed by atoms with Crippen LogP contribution in [0.25, 0.3) is 0 Å². The number of halogens is 4. The molecule has 2 aromatic rings. The Hall–Kier alpha value is 0.270. The molecule has 1 heterocycles. The second kappa shape index (κ2) is 5.50. The van der Waals surface area contributed by atoms with Gasteiger partial charge in [0.1, 0.15) is 0 Å². The zero-order valence-corrected chi connectivity index (χ0v) is 13.5. The van der Waals surface area contributed by atoms with Gasteiger partial charge in [0, 0.05) is 10.0 Å². The summed E-state index contributed by atoms with van der Waals surface area (Å²) in [5.74, 6) is 0. The standard InChI is InChI=1S/C12H8BrCl3S/c1-6-3-2-4-7(10(6)13)11(15)8-5-9(14)17-12(8)16/h2-5,11H,1H3. The summed E-state index contributed by atoms with van der Waals surface area (Å²) in [6, 6.07) is 7.81. The molecule has 0 amide bonds. The van der Waals surface area contributed by atoms with Crippen LogP contribution in [0.15, 0.2) is 28.7 Å². The van der Waals surface area contributed by atoms with Crippen LogP contribution in [0.4, 0.5) is 0 Å². The van der Waals surface area contributed by atoms with E-state index in [1.807, 2.05) is 31.2 Å². The molecule has 0 radical (unpaired) electrons. The van der Waals surface area contributed by atoms with E-state index in [1.54, 1.807) is 0 Å². The van der Waals surface area contributed by atoms with E-state index in [0.717, 1.165) is 21.2 Å². The summed E-state index contributed by atoms with van der Waals surface area (Å²) >= 11 is 23.4. The lowest BCUT2D eigenvalue weighted by Crippen LogP contribution is -1.94. The molecule has 0 saturated carbocycles. The highest BCUT2D eigenvalue weighted by molar-refractivity contribution is 9.10. The SMILES string of the molecule is Cc1cccc(C(Cl)c2cc(Cl)sc2Cl)c1Br. The predicted octanol–water partition coefficient (Wildman–Crippen LogP) is 6.45. The Morgan fingerprint density at radius 1 is 1.24 bits per heavy atom. The molecule has 0 bridgehead atoms. The lowest BCUT2D eigenvalue weighted by molar-refractivity contribution is 1.13. The van der Waals surface area contributed by atoms with Crippen molar-refractivity contribution < 1.29 is 0 Å². The van der Waals surface area contributed by atoms with E-state index >= 15 is 0 Å². The highest BCUT2D eigenvalue weighted by atomic mass is 79.9. The van der Waals surface area contributed by atoms with Gasteiger partial charge < -0.3 is 0 Å². The average molecular weight is 371 g/mol. The molecule has 0 aliphatic carbocycles. The Balaban J connectivity index is 2.47. The molecular weight excluding hydrogens is 362 g/mol. The average Bonchev–Trinajstić information content (AvgIpc) is 2.61. The fourth-order valence-electron chi connectivity index (χ4n) is 1.56. The maximum atomic E-state index is 6.46. The van der Waals surface area contributed by atoms with Gasteiger partial charge in [0.05, 0.1) is 14.0 Å². The summed E-state index contributed by atoms with van der Waals surface area (Å²) in [6.45, 7) is 2.03. The Labute approximate surface area is 128 Å². The fraction of sp³-hybridized carbons (Fsp3) is 0.167. The minimum atomic E-state index is -0.291. The zero-order chi connectivity index (χ0) is 12.6. The Morgan fingerprint density at radius 2 is 1.94 bits per heavy atom. The van der Waals surface area contributed by atoms with Gasteiger partial charge in [-0.05, 0) is 24.1 Å². The highest BCUT2D eigenvalue weighted by Crippen LogP contribution is 2.42. The molecule has 0 spiro atoms. The fourth-order valence-corrected chi connectivity index (χ4v) is 4.19. The smallest absolute Gasteiger partial charge is 0.0994 e. The molecule has 1 atom stereocenters. The minimum Gasteiger partial charge on any atom is -0.112 e. The number of hydrogen-bond donors (Lipinski definition) is 0. The first-order chi connectivity index (χ1) is 8.00. The van der Waals surface area contributed by atoms with Gasteiger partial charge in [-0.25, -0.2) is 0 Å². The summed E-state index contributed by atoms with van der Waals surface area (Å²) in [6.07, 6.45) is 0. The maximum absolute atomic E-state index is 6.46. The van der Waals surface area contributed by atoms with Crippen molar-refractivity contribution in [3.05, 3.63) is 54.1 Å². The topological polar surface area (TPSA) is 0 Å². The second-order valence-corrected chi connectivity index (χ2v) is 7.14. The van der Waals surface area contributed by atoms with Crippen molar-refractivity contribution in [2.45, 2.75) is 12.3 Å². The lowest BCUT2D eigenvalue weighted by Gasteiger charge is -2.12. The Bertz CT molecular complexity index is 551. The van der Waals surface area contributed by atoms with Crippen LogP contribution in [0.1, 0.15) is 22.1 Å². The lowest BCUT2D eigenvalue weighted by atomic mass is 10.0. The van der Waals surface area contributed by atoms with E-state index in [4.69, 9.17) is 34.8 Å². The van der Waals surface area contributed by atoms with Gasteiger partial charge in [0.2, 0.25) is 0 Å². The van der Waals surface area contributed by atoms with Gasteiger partial charge >= 0.3 is 0 Å². The number of rotatable bonds is 2. The summed E-state index contributed by atoms with van der Waals surface area (Å²) < 4.78 is 2.31. The number of aryl methyl sites for hydroxylation is 1. The van der Waals surface area contributed by atoms with E-state index in [-0.39, 0.29) is 5.38 Å². The van der Waals surface area contributed by atoms with Crippen molar-refractivity contribution in [3.63, 3.8) is 0 Å². The van der Waals surface area contributed by atoms with Crippen molar-refractivity contribution in [3.8, 4) is 0 Å². The van der Waals surface area contributed by atoms with Gasteiger partial charge in [-0.15, -0.1) is 22.9 Å². The van der Waals surface area contributed by atoms with Crippen LogP contribution >= 0.6 is 62.1 Å². The summed E-state index contributed by atoms with van der Waals surface area (Å²) in [5, 5.41) is -0.291. The third-order valence-corrected chi connectivity index (χ3v) is 5.52. The molecule has 5 heteroatoms. The summed E-state index contributed by atoms with van der Waals surface area (Å²) in [4.78, 5) is 0. The van der Waals surface area contributed by atoms with Crippen LogP contribution in [0, 0.1) is 6.92 Å². The van der Waals surface area contributed by atoms with E-state index in [9.17, 15) is 0 Å². The molecule has 0 saturated heterocycles. The molecule has 2 rings (SSSR count). The van der Waals surface area contributed by atoms with Gasteiger partial charge in [-0.3, -0.25) is 0 Å². The van der Waals surface area contributed by atoms with Gasteiger partial charge in [0.15, 0.2) is 0 Å². The number of thiophene rings is 1. The van der Waals surface area contributed by atoms with Crippen LogP contribution in [0.3, 0.4) is 0 Å². The van der Waals surface area contributed by atoms with Crippen molar-refractivity contribution in [2.75, 3.05) is 0 Å². The first kappa shape index (κ1) is 13.7. The van der Waals surface area contributed by atoms with E-state index < -0.39 is 0 Å². The van der Waals surface area contributed by atoms with Crippen molar-refractivity contribution in [1.29, 1.82) is 0 Å². The first-order valence-electron chi connectivity index (χ1n) is 4.84. The van der Waals surface area contributed by atoms with Crippen LogP contribution in [-0.4, -0.2) is 0 Å². The molecule has 17 heavy (non-hydrogen) atoms. The molecule has 1 aromatic heterocycles. The van der Waals surface area contributed by atoms with Crippen LogP contribution < -0.4 is 0 Å². The van der Waals surface area contributed by atoms with Crippen molar-refractivity contribution >= 4 is 62.1 Å². The summed E-state index contributed by atoms with van der Waals surface area (Å²) in [7, 11) is 0.